The lowest BCUT2D eigenvalue weighted by molar-refractivity contribution is 1.18. The van der Waals surface area contributed by atoms with Gasteiger partial charge in [-0.2, -0.15) is 0 Å². The van der Waals surface area contributed by atoms with E-state index in [1.807, 2.05) is 42.5 Å². The summed E-state index contributed by atoms with van der Waals surface area (Å²) in [7, 11) is 0. The van der Waals surface area contributed by atoms with Crippen molar-refractivity contribution in [3.63, 3.8) is 0 Å². The maximum Gasteiger partial charge on any atom is 0.0629 e. The Morgan fingerprint density at radius 3 is 1.98 bits per heavy atom. The van der Waals surface area contributed by atoms with Gasteiger partial charge in [-0.1, -0.05) is 139 Å². The van der Waals surface area contributed by atoms with Crippen LogP contribution in [0.4, 0.5) is 17.1 Å². The summed E-state index contributed by atoms with van der Waals surface area (Å²) in [6.07, 6.45) is 0. The van der Waals surface area contributed by atoms with E-state index in [1.54, 1.807) is 0 Å². The van der Waals surface area contributed by atoms with Crippen molar-refractivity contribution >= 4 is 49.6 Å². The molecule has 9 aromatic rings. The second kappa shape index (κ2) is 11.8. The van der Waals surface area contributed by atoms with E-state index in [0.29, 0.717) is 5.56 Å². The van der Waals surface area contributed by atoms with E-state index in [1.165, 1.54) is 0 Å². The Hall–Kier alpha value is -6.38. The average Bonchev–Trinajstić information content (AvgIpc) is 3.55. The summed E-state index contributed by atoms with van der Waals surface area (Å²) in [5.74, 6) is 0. The second-order valence-corrected chi connectivity index (χ2v) is 11.8. The van der Waals surface area contributed by atoms with Crippen molar-refractivity contribution in [1.29, 1.82) is 0 Å². The third-order valence-corrected chi connectivity index (χ3v) is 9.05. The number of anilines is 3. The van der Waals surface area contributed by atoms with E-state index in [4.69, 9.17) is 6.85 Å². The van der Waals surface area contributed by atoms with Gasteiger partial charge < -0.3 is 9.47 Å². The van der Waals surface area contributed by atoms with Gasteiger partial charge >= 0.3 is 0 Å². The zero-order valence-corrected chi connectivity index (χ0v) is 26.0. The fraction of sp³-hybridized carbons (Fsp3) is 0. The van der Waals surface area contributed by atoms with E-state index < -0.39 is 6.04 Å². The van der Waals surface area contributed by atoms with Gasteiger partial charge in [0, 0.05) is 33.4 Å². The molecule has 0 atom stereocenters. The molecule has 0 aliphatic carbocycles. The zero-order chi connectivity index (χ0) is 36.2. The summed E-state index contributed by atoms with van der Waals surface area (Å²) in [5.41, 5.74) is 9.04. The van der Waals surface area contributed by atoms with Gasteiger partial charge in [-0.3, -0.25) is 0 Å². The van der Waals surface area contributed by atoms with Crippen LogP contribution in [0.1, 0.15) is 6.85 Å². The van der Waals surface area contributed by atoms with Crippen LogP contribution in [0.5, 0.6) is 0 Å². The van der Waals surface area contributed by atoms with Crippen LogP contribution in [0, 0.1) is 0 Å². The number of fused-ring (bicyclic) bond motifs is 4. The zero-order valence-electron chi connectivity index (χ0n) is 31.0. The van der Waals surface area contributed by atoms with E-state index in [0.717, 1.165) is 66.5 Å². The number of benzene rings is 8. The predicted octanol–water partition coefficient (Wildman–Crippen LogP) is 12.7. The molecule has 8 aromatic carbocycles. The lowest BCUT2D eigenvalue weighted by atomic mass is 9.96. The first-order chi connectivity index (χ1) is 25.9. The molecular formula is C46H32N2. The molecule has 226 valence electrons. The summed E-state index contributed by atoms with van der Waals surface area (Å²) in [6.45, 7) is 0. The lowest BCUT2D eigenvalue weighted by Gasteiger charge is -2.28. The highest BCUT2D eigenvalue weighted by Crippen LogP contribution is 2.45. The average molecular weight is 618 g/mol. The molecule has 0 saturated carbocycles. The largest absolute Gasteiger partial charge is 0.310 e. The first-order valence-corrected chi connectivity index (χ1v) is 16.0. The summed E-state index contributed by atoms with van der Waals surface area (Å²) in [6, 6.07) is 54.8. The number of nitrogens with zero attached hydrogens (tertiary/aromatic N) is 2. The minimum Gasteiger partial charge on any atom is -0.310 e. The third kappa shape index (κ3) is 4.74. The monoisotopic (exact) mass is 617 g/mol. The predicted molar refractivity (Wildman–Crippen MR) is 204 cm³/mol. The smallest absolute Gasteiger partial charge is 0.0629 e. The Morgan fingerprint density at radius 2 is 1.12 bits per heavy atom. The van der Waals surface area contributed by atoms with Gasteiger partial charge in [-0.15, -0.1) is 0 Å². The molecule has 1 heterocycles. The van der Waals surface area contributed by atoms with Gasteiger partial charge in [0.1, 0.15) is 0 Å². The maximum absolute atomic E-state index is 8.58. The van der Waals surface area contributed by atoms with Crippen LogP contribution < -0.4 is 4.90 Å². The molecule has 0 N–H and O–H groups in total. The van der Waals surface area contributed by atoms with Crippen LogP contribution in [-0.2, 0) is 0 Å². The molecule has 0 aliphatic rings. The van der Waals surface area contributed by atoms with Crippen molar-refractivity contribution in [3.05, 3.63) is 194 Å². The fourth-order valence-electron chi connectivity index (χ4n) is 6.91. The highest BCUT2D eigenvalue weighted by Gasteiger charge is 2.21. The van der Waals surface area contributed by atoms with Crippen molar-refractivity contribution in [1.82, 2.24) is 4.57 Å². The maximum atomic E-state index is 8.58. The quantitative estimate of drug-likeness (QED) is 0.180. The van der Waals surface area contributed by atoms with E-state index >= 15 is 0 Å². The highest BCUT2D eigenvalue weighted by atomic mass is 15.1. The molecule has 0 radical (unpaired) electrons. The molecule has 48 heavy (non-hydrogen) atoms. The Bertz CT molecular complexity index is 2820. The molecular weight excluding hydrogens is 581 g/mol. The van der Waals surface area contributed by atoms with Crippen LogP contribution in [0.3, 0.4) is 0 Å². The summed E-state index contributed by atoms with van der Waals surface area (Å²) in [4.78, 5) is 2.24. The van der Waals surface area contributed by atoms with Crippen molar-refractivity contribution in [2.24, 2.45) is 0 Å². The van der Waals surface area contributed by atoms with Crippen LogP contribution >= 0.6 is 0 Å². The molecule has 0 aliphatic heterocycles. The minimum absolute atomic E-state index is 0.182. The van der Waals surface area contributed by atoms with Crippen LogP contribution in [0.25, 0.3) is 60.5 Å². The molecule has 9 rings (SSSR count). The van der Waals surface area contributed by atoms with Gasteiger partial charge in [0.05, 0.1) is 23.6 Å². The van der Waals surface area contributed by atoms with Crippen LogP contribution in [0.15, 0.2) is 194 Å². The molecule has 2 nitrogen and oxygen atoms in total. The van der Waals surface area contributed by atoms with E-state index in [9.17, 15) is 0 Å². The summed E-state index contributed by atoms with van der Waals surface area (Å²) in [5, 5.41) is 4.57. The van der Waals surface area contributed by atoms with Gasteiger partial charge in [-0.05, 0) is 82.1 Å². The number of hydrogen-bond donors (Lipinski definition) is 0. The van der Waals surface area contributed by atoms with Gasteiger partial charge in [0.15, 0.2) is 0 Å². The van der Waals surface area contributed by atoms with Crippen LogP contribution in [0.2, 0.25) is 0 Å². The summed E-state index contributed by atoms with van der Waals surface area (Å²) < 4.78 is 44.0. The van der Waals surface area contributed by atoms with E-state index in [-0.39, 0.29) is 29.7 Å². The van der Waals surface area contributed by atoms with Gasteiger partial charge in [0.2, 0.25) is 0 Å². The molecule has 2 heteroatoms. The molecule has 0 bridgehead atoms. The molecule has 0 fully saturated rings. The SMILES string of the molecule is [2H]c1c([2H])c([2H])c(-c2ccc(N(c3ccc4ccccc4c3)c3ccccc3-c3cccc4c3c3ccccc3n4-c3ccccc3)cc2)c([2H])c1[2H]. The topological polar surface area (TPSA) is 8.17 Å². The molecule has 1 aromatic heterocycles. The number of aromatic nitrogens is 1. The van der Waals surface area contributed by atoms with Gasteiger partial charge in [-0.25, -0.2) is 0 Å². The first-order valence-electron chi connectivity index (χ1n) is 18.5. The van der Waals surface area contributed by atoms with Crippen LogP contribution in [-0.4, -0.2) is 4.57 Å². The number of para-hydroxylation sites is 3. The Balaban J connectivity index is 1.28. The molecule has 0 saturated heterocycles. The fourth-order valence-corrected chi connectivity index (χ4v) is 6.91. The Labute approximate surface area is 287 Å². The first kappa shape index (κ1) is 23.0. The standard InChI is InChI=1S/C46H32N2/c1-3-14-33(15-4-1)35-26-29-38(30-27-35)47(39-31-28-34-16-7-8-17-36(34)32-39)43-23-11-9-20-40(43)41-22-13-25-45-46(41)42-21-10-12-24-44(42)48(45)37-18-5-2-6-19-37/h1-32H/i1D,3D,4D,14D,15D. The summed E-state index contributed by atoms with van der Waals surface area (Å²) >= 11 is 0. The highest BCUT2D eigenvalue weighted by molar-refractivity contribution is 6.17. The Morgan fingerprint density at radius 1 is 0.458 bits per heavy atom. The third-order valence-electron chi connectivity index (χ3n) is 9.05. The Kier molecular flexibility index (Phi) is 5.64. The molecule has 0 unspecified atom stereocenters. The van der Waals surface area contributed by atoms with Gasteiger partial charge in [0.25, 0.3) is 0 Å². The van der Waals surface area contributed by atoms with E-state index in [2.05, 4.69) is 131 Å². The lowest BCUT2D eigenvalue weighted by Crippen LogP contribution is -2.11. The molecule has 0 spiro atoms. The number of hydrogen-bond acceptors (Lipinski definition) is 1. The van der Waals surface area contributed by atoms with Crippen molar-refractivity contribution in [2.45, 2.75) is 0 Å². The molecule has 0 amide bonds. The van der Waals surface area contributed by atoms with Crippen molar-refractivity contribution < 1.29 is 6.85 Å². The second-order valence-electron chi connectivity index (χ2n) is 11.8. The number of rotatable bonds is 6. The van der Waals surface area contributed by atoms with Crippen molar-refractivity contribution in [3.8, 4) is 27.9 Å². The minimum atomic E-state index is -0.402. The van der Waals surface area contributed by atoms with Crippen molar-refractivity contribution in [2.75, 3.05) is 4.90 Å². The normalized spacial score (nSPS) is 12.8.